The topological polar surface area (TPSA) is 56.5 Å². The van der Waals surface area contributed by atoms with E-state index in [0.717, 1.165) is 31.4 Å². The fourth-order valence-corrected chi connectivity index (χ4v) is 3.03. The lowest BCUT2D eigenvalue weighted by Gasteiger charge is -2.42. The van der Waals surface area contributed by atoms with Crippen LogP contribution in [0.2, 0.25) is 0 Å². The van der Waals surface area contributed by atoms with Gasteiger partial charge in [0.1, 0.15) is 5.75 Å². The Bertz CT molecular complexity index is 439. The molecule has 3 N–H and O–H groups in total. The average Bonchev–Trinajstić information content (AvgIpc) is 2.41. The number of rotatable bonds is 7. The van der Waals surface area contributed by atoms with Gasteiger partial charge in [0.05, 0.1) is 12.7 Å². The summed E-state index contributed by atoms with van der Waals surface area (Å²) >= 11 is 0. The summed E-state index contributed by atoms with van der Waals surface area (Å²) in [5, 5.41) is 0. The highest BCUT2D eigenvalue weighted by Crippen LogP contribution is 2.39. The van der Waals surface area contributed by atoms with Crippen molar-refractivity contribution in [2.75, 3.05) is 14.2 Å². The molecule has 4 heteroatoms. The molecular weight excluding hydrogens is 252 g/mol. The molecule has 1 aliphatic rings. The third kappa shape index (κ3) is 3.32. The van der Waals surface area contributed by atoms with E-state index in [9.17, 15) is 0 Å². The predicted octanol–water partition coefficient (Wildman–Crippen LogP) is 2.34. The highest BCUT2D eigenvalue weighted by atomic mass is 16.5. The molecule has 0 heterocycles. The van der Waals surface area contributed by atoms with Crippen LogP contribution in [-0.2, 0) is 11.2 Å². The fourth-order valence-electron chi connectivity index (χ4n) is 3.03. The molecule has 0 aromatic heterocycles. The molecule has 1 fully saturated rings. The Kier molecular flexibility index (Phi) is 5.02. The van der Waals surface area contributed by atoms with Crippen LogP contribution in [-0.4, -0.2) is 25.9 Å². The molecule has 2 rings (SSSR count). The van der Waals surface area contributed by atoms with Gasteiger partial charge in [-0.05, 0) is 50.7 Å². The van der Waals surface area contributed by atoms with E-state index >= 15 is 0 Å². The zero-order valence-electron chi connectivity index (χ0n) is 12.7. The van der Waals surface area contributed by atoms with E-state index in [4.69, 9.17) is 15.3 Å². The van der Waals surface area contributed by atoms with Crippen molar-refractivity contribution < 1.29 is 9.47 Å². The van der Waals surface area contributed by atoms with Crippen molar-refractivity contribution in [3.05, 3.63) is 29.3 Å². The van der Waals surface area contributed by atoms with E-state index in [1.54, 1.807) is 14.2 Å². The molecular formula is C16H26N2O2. The number of nitrogens with one attached hydrogen (secondary N) is 1. The minimum atomic E-state index is 0.0219. The van der Waals surface area contributed by atoms with Gasteiger partial charge in [-0.3, -0.25) is 11.3 Å². The van der Waals surface area contributed by atoms with Crippen molar-refractivity contribution in [1.29, 1.82) is 0 Å². The van der Waals surface area contributed by atoms with Gasteiger partial charge in [0.25, 0.3) is 0 Å². The van der Waals surface area contributed by atoms with Crippen molar-refractivity contribution in [2.45, 2.75) is 50.7 Å². The van der Waals surface area contributed by atoms with Gasteiger partial charge in [-0.15, -0.1) is 0 Å². The van der Waals surface area contributed by atoms with Crippen LogP contribution in [0.3, 0.4) is 0 Å². The van der Waals surface area contributed by atoms with Gasteiger partial charge < -0.3 is 9.47 Å². The second-order valence-corrected chi connectivity index (χ2v) is 5.83. The van der Waals surface area contributed by atoms with Crippen molar-refractivity contribution in [1.82, 2.24) is 5.43 Å². The van der Waals surface area contributed by atoms with Crippen LogP contribution in [0.5, 0.6) is 5.75 Å². The first-order valence-electron chi connectivity index (χ1n) is 7.27. The second-order valence-electron chi connectivity index (χ2n) is 5.83. The molecule has 1 aromatic carbocycles. The lowest BCUT2D eigenvalue weighted by Crippen LogP contribution is -2.48. The van der Waals surface area contributed by atoms with E-state index in [2.05, 4.69) is 24.5 Å². The van der Waals surface area contributed by atoms with Gasteiger partial charge in [-0.2, -0.15) is 0 Å². The molecule has 1 atom stereocenters. The van der Waals surface area contributed by atoms with Crippen molar-refractivity contribution in [2.24, 2.45) is 5.84 Å². The van der Waals surface area contributed by atoms with Gasteiger partial charge in [0, 0.05) is 13.2 Å². The third-order valence-electron chi connectivity index (χ3n) is 4.45. The van der Waals surface area contributed by atoms with Crippen LogP contribution in [0, 0.1) is 6.92 Å². The molecule has 1 unspecified atom stereocenters. The van der Waals surface area contributed by atoms with Gasteiger partial charge in [0.2, 0.25) is 0 Å². The van der Waals surface area contributed by atoms with E-state index in [0.29, 0.717) is 0 Å². The molecule has 4 nitrogen and oxygen atoms in total. The number of benzene rings is 1. The summed E-state index contributed by atoms with van der Waals surface area (Å²) in [4.78, 5) is 0. The van der Waals surface area contributed by atoms with Crippen LogP contribution >= 0.6 is 0 Å². The monoisotopic (exact) mass is 278 g/mol. The summed E-state index contributed by atoms with van der Waals surface area (Å²) in [6.07, 6.45) is 5.31. The zero-order chi connectivity index (χ0) is 14.6. The molecule has 20 heavy (non-hydrogen) atoms. The number of hydrazine groups is 1. The van der Waals surface area contributed by atoms with Crippen LogP contribution in [0.15, 0.2) is 18.2 Å². The standard InChI is InChI=1S/C16H26N2O2/c1-12-5-6-15(19-2)13(9-12)10-14(18-17)11-16(20-3)7-4-8-16/h5-6,9,14,18H,4,7-8,10-11,17H2,1-3H3. The Labute approximate surface area is 121 Å². The van der Waals surface area contributed by atoms with E-state index in [-0.39, 0.29) is 11.6 Å². The minimum absolute atomic E-state index is 0.0219. The number of nitrogens with two attached hydrogens (primary N) is 1. The van der Waals surface area contributed by atoms with Crippen LogP contribution in [0.4, 0.5) is 0 Å². The molecule has 0 radical (unpaired) electrons. The number of methoxy groups -OCH3 is 2. The summed E-state index contributed by atoms with van der Waals surface area (Å²) in [5.41, 5.74) is 5.40. The third-order valence-corrected chi connectivity index (χ3v) is 4.45. The van der Waals surface area contributed by atoms with E-state index in [1.807, 2.05) is 6.07 Å². The van der Waals surface area contributed by atoms with Crippen LogP contribution in [0.1, 0.15) is 36.8 Å². The van der Waals surface area contributed by atoms with Gasteiger partial charge in [-0.25, -0.2) is 0 Å². The Morgan fingerprint density at radius 2 is 2.10 bits per heavy atom. The summed E-state index contributed by atoms with van der Waals surface area (Å²) in [7, 11) is 3.52. The quantitative estimate of drug-likeness (QED) is 0.594. The van der Waals surface area contributed by atoms with E-state index in [1.165, 1.54) is 17.5 Å². The largest absolute Gasteiger partial charge is 0.496 e. The maximum atomic E-state index is 5.74. The van der Waals surface area contributed by atoms with Crippen LogP contribution in [0.25, 0.3) is 0 Å². The lowest BCUT2D eigenvalue weighted by atomic mass is 9.75. The first-order valence-corrected chi connectivity index (χ1v) is 7.27. The molecule has 0 aliphatic heterocycles. The second kappa shape index (κ2) is 6.57. The maximum absolute atomic E-state index is 5.74. The number of aryl methyl sites for hydroxylation is 1. The number of hydrogen-bond donors (Lipinski definition) is 2. The SMILES string of the molecule is COc1ccc(C)cc1CC(CC1(OC)CCC1)NN. The van der Waals surface area contributed by atoms with E-state index < -0.39 is 0 Å². The average molecular weight is 278 g/mol. The number of ether oxygens (including phenoxy) is 2. The van der Waals surface area contributed by atoms with Gasteiger partial charge >= 0.3 is 0 Å². The summed E-state index contributed by atoms with van der Waals surface area (Å²) in [6, 6.07) is 6.46. The molecule has 0 amide bonds. The first-order chi connectivity index (χ1) is 9.62. The first kappa shape index (κ1) is 15.3. The van der Waals surface area contributed by atoms with Crippen molar-refractivity contribution in [3.63, 3.8) is 0 Å². The summed E-state index contributed by atoms with van der Waals surface area (Å²) in [6.45, 7) is 2.09. The molecule has 0 saturated heterocycles. The Hall–Kier alpha value is -1.10. The lowest BCUT2D eigenvalue weighted by molar-refractivity contribution is -0.0834. The molecule has 1 aliphatic carbocycles. The summed E-state index contributed by atoms with van der Waals surface area (Å²) in [5.74, 6) is 6.67. The Morgan fingerprint density at radius 1 is 1.35 bits per heavy atom. The molecule has 1 saturated carbocycles. The van der Waals surface area contributed by atoms with Gasteiger partial charge in [0.15, 0.2) is 0 Å². The molecule has 1 aromatic rings. The number of hydrogen-bond acceptors (Lipinski definition) is 4. The molecule has 0 spiro atoms. The normalized spacial score (nSPS) is 18.4. The molecule has 112 valence electrons. The Balaban J connectivity index is 2.08. The highest BCUT2D eigenvalue weighted by Gasteiger charge is 2.38. The van der Waals surface area contributed by atoms with Crippen molar-refractivity contribution in [3.8, 4) is 5.75 Å². The zero-order valence-corrected chi connectivity index (χ0v) is 12.7. The molecule has 0 bridgehead atoms. The summed E-state index contributed by atoms with van der Waals surface area (Å²) < 4.78 is 11.1. The fraction of sp³-hybridized carbons (Fsp3) is 0.625. The minimum Gasteiger partial charge on any atom is -0.496 e. The Morgan fingerprint density at radius 3 is 2.60 bits per heavy atom. The highest BCUT2D eigenvalue weighted by molar-refractivity contribution is 5.37. The van der Waals surface area contributed by atoms with Crippen LogP contribution < -0.4 is 16.0 Å². The maximum Gasteiger partial charge on any atom is 0.122 e. The predicted molar refractivity (Wildman–Crippen MR) is 80.8 cm³/mol. The smallest absolute Gasteiger partial charge is 0.122 e. The van der Waals surface area contributed by atoms with Crippen molar-refractivity contribution >= 4 is 0 Å². The van der Waals surface area contributed by atoms with Gasteiger partial charge in [-0.1, -0.05) is 17.7 Å².